The van der Waals surface area contributed by atoms with Crippen molar-refractivity contribution in [2.75, 3.05) is 12.4 Å². The Hall–Kier alpha value is -3.16. The Balaban J connectivity index is 0.00000272. The van der Waals surface area contributed by atoms with Crippen molar-refractivity contribution in [1.29, 1.82) is 0 Å². The number of H-pyrrole nitrogens is 2. The molecule has 0 saturated heterocycles. The number of imidazole rings is 1. The van der Waals surface area contributed by atoms with Gasteiger partial charge >= 0.3 is 5.69 Å². The van der Waals surface area contributed by atoms with Crippen molar-refractivity contribution < 1.29 is 26.3 Å². The molecular formula is C22H19Cl2FN3O3-. The van der Waals surface area contributed by atoms with E-state index in [1.165, 1.54) is 12.1 Å². The molecule has 0 aliphatic carbocycles. The van der Waals surface area contributed by atoms with E-state index in [9.17, 15) is 9.18 Å². The molecule has 6 nitrogen and oxygen atoms in total. The summed E-state index contributed by atoms with van der Waals surface area (Å²) >= 11 is 6.05. The van der Waals surface area contributed by atoms with Crippen LogP contribution < -0.4 is 32.9 Å². The summed E-state index contributed by atoms with van der Waals surface area (Å²) in [7, 11) is 1.57. The van der Waals surface area contributed by atoms with Crippen molar-refractivity contribution >= 4 is 28.3 Å². The first-order valence-corrected chi connectivity index (χ1v) is 9.59. The van der Waals surface area contributed by atoms with Crippen molar-refractivity contribution in [3.63, 3.8) is 0 Å². The number of fused-ring (bicyclic) bond motifs is 1. The molecule has 4 rings (SSSR count). The van der Waals surface area contributed by atoms with Crippen LogP contribution in [-0.2, 0) is 13.2 Å². The van der Waals surface area contributed by atoms with Gasteiger partial charge in [-0.05, 0) is 48.0 Å². The van der Waals surface area contributed by atoms with E-state index in [0.29, 0.717) is 28.6 Å². The lowest BCUT2D eigenvalue weighted by Gasteiger charge is -2.14. The summed E-state index contributed by atoms with van der Waals surface area (Å²) in [6, 6.07) is 15.4. The molecule has 31 heavy (non-hydrogen) atoms. The van der Waals surface area contributed by atoms with Gasteiger partial charge < -0.3 is 37.2 Å². The molecule has 0 amide bonds. The molecule has 0 bridgehead atoms. The standard InChI is InChI=1S/C22H19ClFN3O3.ClH/c1-29-21-8-13(11-25-16-5-6-18-19(10-16)27-22(28)26-18)2-7-20(21)30-12-14-3-4-15(24)9-17(14)23;/h2-10,25H,11-12H2,1H3,(H2,26,27,28);1H/p-1. The highest BCUT2D eigenvalue weighted by Crippen LogP contribution is 2.30. The second-order valence-electron chi connectivity index (χ2n) is 6.70. The molecule has 0 aliphatic heterocycles. The Morgan fingerprint density at radius 1 is 1.00 bits per heavy atom. The number of methoxy groups -OCH3 is 1. The first-order valence-electron chi connectivity index (χ1n) is 9.21. The van der Waals surface area contributed by atoms with Gasteiger partial charge in [-0.15, -0.1) is 0 Å². The third kappa shape index (κ3) is 5.31. The van der Waals surface area contributed by atoms with Gasteiger partial charge in [0.25, 0.3) is 0 Å². The van der Waals surface area contributed by atoms with E-state index in [0.717, 1.165) is 22.3 Å². The zero-order valence-electron chi connectivity index (χ0n) is 16.5. The number of ether oxygens (including phenoxy) is 2. The molecule has 4 aromatic rings. The molecule has 1 aromatic heterocycles. The molecule has 0 aliphatic rings. The zero-order chi connectivity index (χ0) is 21.1. The normalized spacial score (nSPS) is 10.5. The third-order valence-corrected chi connectivity index (χ3v) is 4.99. The fourth-order valence-corrected chi connectivity index (χ4v) is 3.30. The Morgan fingerprint density at radius 2 is 1.81 bits per heavy atom. The summed E-state index contributed by atoms with van der Waals surface area (Å²) in [6.45, 7) is 0.753. The Bertz CT molecular complexity index is 1260. The average molecular weight is 463 g/mol. The highest BCUT2D eigenvalue weighted by atomic mass is 35.5. The molecule has 3 N–H and O–H groups in total. The van der Waals surface area contributed by atoms with Gasteiger partial charge in [-0.25, -0.2) is 9.18 Å². The highest BCUT2D eigenvalue weighted by molar-refractivity contribution is 6.31. The molecule has 3 aromatic carbocycles. The quantitative estimate of drug-likeness (QED) is 0.391. The number of hydrogen-bond donors (Lipinski definition) is 3. The molecule has 0 atom stereocenters. The smallest absolute Gasteiger partial charge is 0.323 e. The second kappa shape index (κ2) is 9.76. The van der Waals surface area contributed by atoms with Crippen molar-refractivity contribution in [2.24, 2.45) is 0 Å². The monoisotopic (exact) mass is 462 g/mol. The fourth-order valence-electron chi connectivity index (χ4n) is 3.08. The van der Waals surface area contributed by atoms with Crippen LogP contribution in [0.5, 0.6) is 11.5 Å². The van der Waals surface area contributed by atoms with Crippen LogP contribution in [0.3, 0.4) is 0 Å². The molecule has 0 saturated carbocycles. The maximum absolute atomic E-state index is 13.2. The predicted octanol–water partition coefficient (Wildman–Crippen LogP) is 1.85. The zero-order valence-corrected chi connectivity index (χ0v) is 18.0. The molecule has 0 radical (unpaired) electrons. The number of aromatic amines is 2. The lowest BCUT2D eigenvalue weighted by atomic mass is 10.2. The topological polar surface area (TPSA) is 79.1 Å². The number of hydrogen-bond acceptors (Lipinski definition) is 4. The van der Waals surface area contributed by atoms with Gasteiger partial charge in [0.15, 0.2) is 11.5 Å². The SMILES string of the molecule is COc1cc(CNc2ccc3[nH]c(=O)[nH]c3c2)ccc1OCc1ccc(F)cc1Cl.[Cl-]. The third-order valence-electron chi connectivity index (χ3n) is 4.64. The van der Waals surface area contributed by atoms with Crippen LogP contribution in [0, 0.1) is 5.82 Å². The number of halogens is 3. The lowest BCUT2D eigenvalue weighted by molar-refractivity contribution is -0.00000727. The van der Waals surface area contributed by atoms with Crippen molar-refractivity contribution in [1.82, 2.24) is 9.97 Å². The Labute approximate surface area is 188 Å². The van der Waals surface area contributed by atoms with Gasteiger partial charge in [-0.2, -0.15) is 0 Å². The van der Waals surface area contributed by atoms with Crippen molar-refractivity contribution in [3.8, 4) is 11.5 Å². The summed E-state index contributed by atoms with van der Waals surface area (Å²) in [5.74, 6) is 0.756. The van der Waals surface area contributed by atoms with Crippen LogP contribution in [-0.4, -0.2) is 17.1 Å². The summed E-state index contributed by atoms with van der Waals surface area (Å²) in [6.07, 6.45) is 0. The van der Waals surface area contributed by atoms with E-state index in [4.69, 9.17) is 21.1 Å². The van der Waals surface area contributed by atoms with Crippen LogP contribution in [0.2, 0.25) is 5.02 Å². The minimum absolute atomic E-state index is 0. The van der Waals surface area contributed by atoms with Gasteiger partial charge in [0, 0.05) is 17.8 Å². The van der Waals surface area contributed by atoms with Crippen molar-refractivity contribution in [3.05, 3.63) is 87.0 Å². The largest absolute Gasteiger partial charge is 1.00 e. The lowest BCUT2D eigenvalue weighted by Crippen LogP contribution is -3.00. The van der Waals surface area contributed by atoms with Crippen LogP contribution in [0.1, 0.15) is 11.1 Å². The minimum atomic E-state index is -0.389. The molecule has 0 fully saturated rings. The molecule has 9 heteroatoms. The fraction of sp³-hybridized carbons (Fsp3) is 0.136. The molecule has 0 unspecified atom stereocenters. The summed E-state index contributed by atoms with van der Waals surface area (Å²) in [4.78, 5) is 16.8. The molecule has 162 valence electrons. The molecular weight excluding hydrogens is 444 g/mol. The molecule has 0 spiro atoms. The summed E-state index contributed by atoms with van der Waals surface area (Å²) in [5.41, 5.74) is 3.82. The first kappa shape index (κ1) is 22.5. The number of anilines is 1. The van der Waals surface area contributed by atoms with E-state index in [1.807, 2.05) is 36.4 Å². The Morgan fingerprint density at radius 3 is 2.58 bits per heavy atom. The van der Waals surface area contributed by atoms with Gasteiger partial charge in [-0.1, -0.05) is 23.7 Å². The number of nitrogens with one attached hydrogen (secondary N) is 3. The minimum Gasteiger partial charge on any atom is -1.00 e. The van der Waals surface area contributed by atoms with Gasteiger partial charge in [-0.3, -0.25) is 0 Å². The van der Waals surface area contributed by atoms with Crippen LogP contribution in [0.4, 0.5) is 10.1 Å². The van der Waals surface area contributed by atoms with Gasteiger partial charge in [0.05, 0.1) is 23.2 Å². The second-order valence-corrected chi connectivity index (χ2v) is 7.11. The maximum Gasteiger partial charge on any atom is 0.323 e. The van der Waals surface area contributed by atoms with E-state index < -0.39 is 0 Å². The van der Waals surface area contributed by atoms with E-state index >= 15 is 0 Å². The maximum atomic E-state index is 13.2. The van der Waals surface area contributed by atoms with Gasteiger partial charge in [0.2, 0.25) is 0 Å². The average Bonchev–Trinajstić information content (AvgIpc) is 3.11. The van der Waals surface area contributed by atoms with Crippen LogP contribution >= 0.6 is 11.6 Å². The predicted molar refractivity (Wildman–Crippen MR) is 115 cm³/mol. The van der Waals surface area contributed by atoms with Crippen molar-refractivity contribution in [2.45, 2.75) is 13.2 Å². The van der Waals surface area contributed by atoms with Crippen LogP contribution in [0.25, 0.3) is 11.0 Å². The Kier molecular flexibility index (Phi) is 7.09. The van der Waals surface area contributed by atoms with E-state index in [-0.39, 0.29) is 30.5 Å². The van der Waals surface area contributed by atoms with E-state index in [1.54, 1.807) is 13.2 Å². The molecule has 1 heterocycles. The summed E-state index contributed by atoms with van der Waals surface area (Å²) in [5, 5.41) is 3.63. The first-order chi connectivity index (χ1) is 14.5. The number of aromatic nitrogens is 2. The number of rotatable bonds is 7. The highest BCUT2D eigenvalue weighted by Gasteiger charge is 2.09. The van der Waals surface area contributed by atoms with E-state index in [2.05, 4.69) is 15.3 Å². The van der Waals surface area contributed by atoms with Gasteiger partial charge in [0.1, 0.15) is 12.4 Å². The number of benzene rings is 3. The van der Waals surface area contributed by atoms with Crippen LogP contribution in [0.15, 0.2) is 59.4 Å². The summed E-state index contributed by atoms with van der Waals surface area (Å²) < 4.78 is 24.4.